The lowest BCUT2D eigenvalue weighted by Gasteiger charge is -2.33. The Morgan fingerprint density at radius 3 is 2.68 bits per heavy atom. The largest absolute Gasteiger partial charge is 0.429 e. The first-order chi connectivity index (χ1) is 9.25. The van der Waals surface area contributed by atoms with E-state index in [-0.39, 0.29) is 11.9 Å². The average molecular weight is 257 g/mol. The number of allylic oxidation sites excluding steroid dienone is 2. The van der Waals surface area contributed by atoms with E-state index in [1.54, 1.807) is 4.90 Å². The number of carbonyl (C=O) groups is 2. The van der Waals surface area contributed by atoms with Crippen LogP contribution in [-0.2, 0) is 9.53 Å². The number of esters is 1. The van der Waals surface area contributed by atoms with Crippen molar-refractivity contribution in [1.82, 2.24) is 4.90 Å². The van der Waals surface area contributed by atoms with Gasteiger partial charge in [-0.15, -0.1) is 0 Å². The second-order valence-corrected chi connectivity index (χ2v) is 4.77. The van der Waals surface area contributed by atoms with Gasteiger partial charge in [-0.1, -0.05) is 18.2 Å². The average Bonchev–Trinajstić information content (AvgIpc) is 2.46. The highest BCUT2D eigenvalue weighted by molar-refractivity contribution is 5.95. The summed E-state index contributed by atoms with van der Waals surface area (Å²) in [4.78, 5) is 25.6. The summed E-state index contributed by atoms with van der Waals surface area (Å²) in [6.45, 7) is 0.699. The van der Waals surface area contributed by atoms with E-state index in [0.717, 1.165) is 18.5 Å². The molecule has 0 N–H and O–H groups in total. The highest BCUT2D eigenvalue weighted by Gasteiger charge is 2.31. The van der Waals surface area contributed by atoms with Gasteiger partial charge in [0, 0.05) is 24.9 Å². The van der Waals surface area contributed by atoms with Gasteiger partial charge in [-0.25, -0.2) is 0 Å². The number of rotatable bonds is 1. The Morgan fingerprint density at radius 2 is 1.89 bits per heavy atom. The third-order valence-corrected chi connectivity index (χ3v) is 3.50. The number of hydrogen-bond donors (Lipinski definition) is 0. The Bertz CT molecular complexity index is 548. The molecule has 1 aromatic carbocycles. The fraction of sp³-hybridized carbons (Fsp3) is 0.333. The molecule has 2 heterocycles. The molecule has 0 spiro atoms. The molecule has 0 unspecified atom stereocenters. The van der Waals surface area contributed by atoms with E-state index in [1.165, 1.54) is 0 Å². The summed E-state index contributed by atoms with van der Waals surface area (Å²) in [5, 5.41) is 0. The number of carbonyl (C=O) groups excluding carboxylic acids is 2. The van der Waals surface area contributed by atoms with E-state index >= 15 is 0 Å². The minimum absolute atomic E-state index is 0.00857. The van der Waals surface area contributed by atoms with Crippen molar-refractivity contribution in [2.75, 3.05) is 6.54 Å². The van der Waals surface area contributed by atoms with Crippen LogP contribution in [-0.4, -0.2) is 23.3 Å². The Kier molecular flexibility index (Phi) is 3.07. The van der Waals surface area contributed by atoms with E-state index in [9.17, 15) is 9.59 Å². The number of nitrogens with zero attached hydrogens (tertiary/aromatic N) is 1. The summed E-state index contributed by atoms with van der Waals surface area (Å²) in [7, 11) is 0. The van der Waals surface area contributed by atoms with Crippen LogP contribution in [0.4, 0.5) is 0 Å². The maximum absolute atomic E-state index is 12.5. The van der Waals surface area contributed by atoms with Crippen LogP contribution in [0.2, 0.25) is 0 Å². The molecule has 1 amide bonds. The monoisotopic (exact) mass is 257 g/mol. The quantitative estimate of drug-likeness (QED) is 0.726. The Labute approximate surface area is 111 Å². The summed E-state index contributed by atoms with van der Waals surface area (Å²) in [6, 6.07) is 9.22. The molecule has 3 rings (SSSR count). The molecule has 0 aromatic heterocycles. The number of amides is 1. The molecule has 0 fully saturated rings. The third kappa shape index (κ3) is 2.26. The molecule has 19 heavy (non-hydrogen) atoms. The van der Waals surface area contributed by atoms with E-state index in [0.29, 0.717) is 30.7 Å². The second-order valence-electron chi connectivity index (χ2n) is 4.77. The summed E-state index contributed by atoms with van der Waals surface area (Å²) >= 11 is 0. The zero-order chi connectivity index (χ0) is 13.2. The fourth-order valence-corrected chi connectivity index (χ4v) is 2.58. The van der Waals surface area contributed by atoms with Gasteiger partial charge in [-0.05, 0) is 18.6 Å². The van der Waals surface area contributed by atoms with Crippen LogP contribution < -0.4 is 0 Å². The smallest absolute Gasteiger partial charge is 0.311 e. The van der Waals surface area contributed by atoms with Crippen molar-refractivity contribution in [1.29, 1.82) is 0 Å². The van der Waals surface area contributed by atoms with Crippen molar-refractivity contribution in [3.05, 3.63) is 47.4 Å². The summed E-state index contributed by atoms with van der Waals surface area (Å²) in [6.07, 6.45) is 2.55. The molecule has 0 saturated carbocycles. The van der Waals surface area contributed by atoms with E-state index in [4.69, 9.17) is 4.74 Å². The third-order valence-electron chi connectivity index (χ3n) is 3.50. The van der Waals surface area contributed by atoms with Crippen molar-refractivity contribution in [2.45, 2.75) is 25.7 Å². The van der Waals surface area contributed by atoms with Crippen molar-refractivity contribution in [3.8, 4) is 0 Å². The molecule has 0 atom stereocenters. The van der Waals surface area contributed by atoms with Crippen molar-refractivity contribution in [3.63, 3.8) is 0 Å². The maximum atomic E-state index is 12.5. The van der Waals surface area contributed by atoms with Crippen LogP contribution in [0.1, 0.15) is 36.0 Å². The Balaban J connectivity index is 1.90. The van der Waals surface area contributed by atoms with Crippen LogP contribution in [0.15, 0.2) is 41.8 Å². The van der Waals surface area contributed by atoms with Crippen LogP contribution >= 0.6 is 0 Å². The number of benzene rings is 1. The SMILES string of the molecule is O=C1CCC2=C(CCCN2C(=O)c2ccccc2)O1. The standard InChI is InChI=1S/C15H15NO3/c17-14-9-8-12-13(19-14)7-4-10-16(12)15(18)11-5-2-1-3-6-11/h1-3,5-6H,4,7-10H2. The first-order valence-electron chi connectivity index (χ1n) is 6.55. The molecular formula is C15H15NO3. The molecule has 2 aliphatic rings. The summed E-state index contributed by atoms with van der Waals surface area (Å²) in [5.41, 5.74) is 1.56. The molecule has 2 aliphatic heterocycles. The van der Waals surface area contributed by atoms with Crippen molar-refractivity contribution < 1.29 is 14.3 Å². The lowest BCUT2D eigenvalue weighted by atomic mass is 10.0. The fourth-order valence-electron chi connectivity index (χ4n) is 2.58. The molecule has 4 heteroatoms. The number of hydrogen-bond acceptors (Lipinski definition) is 3. The summed E-state index contributed by atoms with van der Waals surface area (Å²) in [5.74, 6) is 0.491. The molecule has 0 radical (unpaired) electrons. The maximum Gasteiger partial charge on any atom is 0.311 e. The lowest BCUT2D eigenvalue weighted by Crippen LogP contribution is -2.37. The molecule has 98 valence electrons. The molecule has 0 bridgehead atoms. The minimum Gasteiger partial charge on any atom is -0.429 e. The van der Waals surface area contributed by atoms with Gasteiger partial charge in [-0.3, -0.25) is 9.59 Å². The van der Waals surface area contributed by atoms with Crippen LogP contribution in [0.25, 0.3) is 0 Å². The first kappa shape index (κ1) is 12.0. The van der Waals surface area contributed by atoms with Gasteiger partial charge in [0.25, 0.3) is 5.91 Å². The van der Waals surface area contributed by atoms with Gasteiger partial charge < -0.3 is 9.64 Å². The minimum atomic E-state index is -0.187. The van der Waals surface area contributed by atoms with Crippen molar-refractivity contribution in [2.24, 2.45) is 0 Å². The van der Waals surface area contributed by atoms with Gasteiger partial charge in [-0.2, -0.15) is 0 Å². The van der Waals surface area contributed by atoms with Gasteiger partial charge in [0.05, 0.1) is 12.1 Å². The molecule has 1 aromatic rings. The normalized spacial score (nSPS) is 18.9. The van der Waals surface area contributed by atoms with E-state index < -0.39 is 0 Å². The lowest BCUT2D eigenvalue weighted by molar-refractivity contribution is -0.141. The van der Waals surface area contributed by atoms with Gasteiger partial charge >= 0.3 is 5.97 Å². The highest BCUT2D eigenvalue weighted by Crippen LogP contribution is 2.31. The highest BCUT2D eigenvalue weighted by atomic mass is 16.5. The second kappa shape index (κ2) is 4.88. The Hall–Kier alpha value is -2.10. The zero-order valence-electron chi connectivity index (χ0n) is 10.6. The molecule has 0 saturated heterocycles. The Morgan fingerprint density at radius 1 is 1.11 bits per heavy atom. The zero-order valence-corrected chi connectivity index (χ0v) is 10.6. The van der Waals surface area contributed by atoms with Crippen molar-refractivity contribution >= 4 is 11.9 Å². The molecule has 4 nitrogen and oxygen atoms in total. The first-order valence-corrected chi connectivity index (χ1v) is 6.55. The topological polar surface area (TPSA) is 46.6 Å². The van der Waals surface area contributed by atoms with E-state index in [1.807, 2.05) is 30.3 Å². The number of ether oxygens (including phenoxy) is 1. The van der Waals surface area contributed by atoms with Gasteiger partial charge in [0.2, 0.25) is 0 Å². The molecule has 0 aliphatic carbocycles. The van der Waals surface area contributed by atoms with Crippen LogP contribution in [0.3, 0.4) is 0 Å². The van der Waals surface area contributed by atoms with E-state index in [2.05, 4.69) is 0 Å². The van der Waals surface area contributed by atoms with Crippen LogP contribution in [0.5, 0.6) is 0 Å². The van der Waals surface area contributed by atoms with Gasteiger partial charge in [0.1, 0.15) is 5.76 Å². The van der Waals surface area contributed by atoms with Crippen LogP contribution in [0, 0.1) is 0 Å². The predicted molar refractivity (Wildman–Crippen MR) is 69.1 cm³/mol. The van der Waals surface area contributed by atoms with Gasteiger partial charge in [0.15, 0.2) is 0 Å². The summed E-state index contributed by atoms with van der Waals surface area (Å²) < 4.78 is 5.25. The molecular weight excluding hydrogens is 242 g/mol. The predicted octanol–water partition coefficient (Wildman–Crippen LogP) is 2.47.